The van der Waals surface area contributed by atoms with Crippen molar-refractivity contribution < 1.29 is 22.7 Å². The van der Waals surface area contributed by atoms with Gasteiger partial charge in [0.2, 0.25) is 11.8 Å². The first kappa shape index (κ1) is 27.5. The molecule has 3 aromatic rings. The van der Waals surface area contributed by atoms with Crippen LogP contribution in [0.2, 0.25) is 0 Å². The first-order valence-electron chi connectivity index (χ1n) is 12.3. The number of amides is 2. The molecular formula is C28H31N3O5S2. The minimum atomic E-state index is -4.11. The summed E-state index contributed by atoms with van der Waals surface area (Å²) in [4.78, 5) is 28.3. The number of carbonyl (C=O) groups excluding carboxylic acids is 2. The number of nitrogens with zero attached hydrogens (tertiary/aromatic N) is 2. The summed E-state index contributed by atoms with van der Waals surface area (Å²) in [6.07, 6.45) is 3.20. The van der Waals surface area contributed by atoms with Gasteiger partial charge in [0.25, 0.3) is 10.0 Å². The molecule has 8 nitrogen and oxygen atoms in total. The highest BCUT2D eigenvalue weighted by Gasteiger charge is 2.30. The number of nitrogens with one attached hydrogen (secondary N) is 1. The van der Waals surface area contributed by atoms with Crippen molar-refractivity contribution in [3.63, 3.8) is 0 Å². The molecule has 1 fully saturated rings. The monoisotopic (exact) mass is 553 g/mol. The van der Waals surface area contributed by atoms with Crippen LogP contribution >= 0.6 is 11.8 Å². The van der Waals surface area contributed by atoms with Gasteiger partial charge in [-0.05, 0) is 80.6 Å². The van der Waals surface area contributed by atoms with Crippen molar-refractivity contribution in [2.45, 2.75) is 36.5 Å². The van der Waals surface area contributed by atoms with Crippen LogP contribution in [0.1, 0.15) is 25.3 Å². The first-order chi connectivity index (χ1) is 18.2. The maximum atomic E-state index is 13.8. The third-order valence-corrected chi connectivity index (χ3v) is 8.74. The maximum Gasteiger partial charge on any atom is 0.264 e. The van der Waals surface area contributed by atoms with Crippen molar-refractivity contribution in [2.24, 2.45) is 0 Å². The van der Waals surface area contributed by atoms with Gasteiger partial charge in [-0.2, -0.15) is 0 Å². The minimum Gasteiger partial charge on any atom is -0.492 e. The van der Waals surface area contributed by atoms with E-state index in [1.54, 1.807) is 53.4 Å². The SMILES string of the molecule is CCOc1ccccc1N(CC(=O)Nc1ccc(C)c(N2CCCC2=O)c1)S(=O)(=O)c1ccc(SC)cc1. The predicted octanol–water partition coefficient (Wildman–Crippen LogP) is 5.08. The van der Waals surface area contributed by atoms with E-state index < -0.39 is 22.5 Å². The van der Waals surface area contributed by atoms with Crippen molar-refractivity contribution in [2.75, 3.05) is 40.5 Å². The number of aryl methyl sites for hydroxylation is 1. The van der Waals surface area contributed by atoms with Gasteiger partial charge in [-0.3, -0.25) is 13.9 Å². The topological polar surface area (TPSA) is 96.0 Å². The highest BCUT2D eigenvalue weighted by atomic mass is 32.2. The number of anilines is 3. The highest BCUT2D eigenvalue weighted by Crippen LogP contribution is 2.33. The Kier molecular flexibility index (Phi) is 8.63. The Balaban J connectivity index is 1.66. The standard InChI is InChI=1S/C28H31N3O5S2/c1-4-36-26-9-6-5-8-24(26)31(38(34,35)23-15-13-22(37-3)14-16-23)19-27(32)29-21-12-11-20(2)25(18-21)30-17-7-10-28(30)33/h5-6,8-9,11-16,18H,4,7,10,17,19H2,1-3H3,(H,29,32). The molecule has 0 aromatic heterocycles. The molecule has 38 heavy (non-hydrogen) atoms. The van der Waals surface area contributed by atoms with E-state index in [4.69, 9.17) is 4.74 Å². The van der Waals surface area contributed by atoms with Gasteiger partial charge >= 0.3 is 0 Å². The third-order valence-electron chi connectivity index (χ3n) is 6.23. The van der Waals surface area contributed by atoms with Crippen molar-refractivity contribution in [1.29, 1.82) is 0 Å². The van der Waals surface area contributed by atoms with Gasteiger partial charge in [0.05, 0.1) is 17.2 Å². The van der Waals surface area contributed by atoms with Gasteiger partial charge in [-0.25, -0.2) is 8.42 Å². The molecule has 2 amide bonds. The molecule has 1 N–H and O–H groups in total. The highest BCUT2D eigenvalue weighted by molar-refractivity contribution is 7.98. The minimum absolute atomic E-state index is 0.0499. The number of benzene rings is 3. The Bertz CT molecular complexity index is 1420. The molecule has 10 heteroatoms. The van der Waals surface area contributed by atoms with Gasteiger partial charge in [-0.1, -0.05) is 18.2 Å². The molecule has 1 heterocycles. The van der Waals surface area contributed by atoms with E-state index in [2.05, 4.69) is 5.32 Å². The van der Waals surface area contributed by atoms with Crippen molar-refractivity contribution >= 4 is 50.7 Å². The summed E-state index contributed by atoms with van der Waals surface area (Å²) in [5, 5.41) is 2.81. The second-order valence-electron chi connectivity index (χ2n) is 8.79. The van der Waals surface area contributed by atoms with Crippen LogP contribution in [-0.2, 0) is 19.6 Å². The molecule has 0 aliphatic carbocycles. The molecule has 3 aromatic carbocycles. The van der Waals surface area contributed by atoms with Crippen LogP contribution < -0.4 is 19.3 Å². The summed E-state index contributed by atoms with van der Waals surface area (Å²) in [5.74, 6) is -0.116. The molecule has 1 saturated heterocycles. The Morgan fingerprint density at radius 3 is 2.50 bits per heavy atom. The Morgan fingerprint density at radius 1 is 1.11 bits per heavy atom. The van der Waals surface area contributed by atoms with Gasteiger partial charge < -0.3 is 15.0 Å². The molecule has 0 atom stereocenters. The summed E-state index contributed by atoms with van der Waals surface area (Å²) in [6, 6.07) is 18.6. The van der Waals surface area contributed by atoms with Crippen molar-refractivity contribution in [1.82, 2.24) is 0 Å². The summed E-state index contributed by atoms with van der Waals surface area (Å²) in [5.41, 5.74) is 2.41. The van der Waals surface area contributed by atoms with Crippen molar-refractivity contribution in [3.05, 3.63) is 72.3 Å². The van der Waals surface area contributed by atoms with Crippen molar-refractivity contribution in [3.8, 4) is 5.75 Å². The van der Waals surface area contributed by atoms with E-state index in [1.165, 1.54) is 23.9 Å². The molecule has 0 spiro atoms. The Morgan fingerprint density at radius 2 is 1.84 bits per heavy atom. The van der Waals surface area contributed by atoms with E-state index in [1.807, 2.05) is 26.2 Å². The largest absolute Gasteiger partial charge is 0.492 e. The molecular weight excluding hydrogens is 522 g/mol. The fourth-order valence-electron chi connectivity index (χ4n) is 4.33. The van der Waals surface area contributed by atoms with Gasteiger partial charge in [0.15, 0.2) is 0 Å². The third kappa shape index (κ3) is 5.97. The second-order valence-corrected chi connectivity index (χ2v) is 11.5. The van der Waals surface area contributed by atoms with Crippen LogP contribution in [0, 0.1) is 6.92 Å². The van der Waals surface area contributed by atoms with Crippen LogP contribution in [-0.4, -0.2) is 46.2 Å². The molecule has 0 saturated carbocycles. The zero-order valence-corrected chi connectivity index (χ0v) is 23.3. The molecule has 0 unspecified atom stereocenters. The summed E-state index contributed by atoms with van der Waals surface area (Å²) < 4.78 is 34.4. The maximum absolute atomic E-state index is 13.8. The summed E-state index contributed by atoms with van der Waals surface area (Å²) >= 11 is 1.51. The molecule has 1 aliphatic heterocycles. The zero-order valence-electron chi connectivity index (χ0n) is 21.6. The van der Waals surface area contributed by atoms with E-state index in [0.717, 1.165) is 26.9 Å². The van der Waals surface area contributed by atoms with E-state index in [0.29, 0.717) is 31.0 Å². The molecule has 0 bridgehead atoms. The fraction of sp³-hybridized carbons (Fsp3) is 0.286. The lowest BCUT2D eigenvalue weighted by molar-refractivity contribution is -0.117. The van der Waals surface area contributed by atoms with Crippen LogP contribution in [0.4, 0.5) is 17.1 Å². The average Bonchev–Trinajstić information content (AvgIpc) is 3.34. The summed E-state index contributed by atoms with van der Waals surface area (Å²) in [7, 11) is -4.11. The number of rotatable bonds is 10. The average molecular weight is 554 g/mol. The Hall–Kier alpha value is -3.50. The quantitative estimate of drug-likeness (QED) is 0.352. The first-order valence-corrected chi connectivity index (χ1v) is 15.0. The fourth-order valence-corrected chi connectivity index (χ4v) is 6.17. The Labute approximate surface area is 228 Å². The van der Waals surface area contributed by atoms with E-state index in [9.17, 15) is 18.0 Å². The number of para-hydroxylation sites is 2. The molecule has 0 radical (unpaired) electrons. The molecule has 200 valence electrons. The number of ether oxygens (including phenoxy) is 1. The van der Waals surface area contributed by atoms with Gasteiger partial charge in [-0.15, -0.1) is 11.8 Å². The molecule has 4 rings (SSSR count). The van der Waals surface area contributed by atoms with Crippen LogP contribution in [0.5, 0.6) is 5.75 Å². The predicted molar refractivity (Wildman–Crippen MR) is 152 cm³/mol. The lowest BCUT2D eigenvalue weighted by Gasteiger charge is -2.26. The van der Waals surface area contributed by atoms with Crippen LogP contribution in [0.15, 0.2) is 76.5 Å². The number of hydrogen-bond acceptors (Lipinski definition) is 6. The van der Waals surface area contributed by atoms with Gasteiger partial charge in [0, 0.05) is 29.2 Å². The lowest BCUT2D eigenvalue weighted by atomic mass is 10.1. The molecule has 1 aliphatic rings. The van der Waals surface area contributed by atoms with Crippen LogP contribution in [0.25, 0.3) is 0 Å². The zero-order chi connectivity index (χ0) is 27.3. The number of hydrogen-bond donors (Lipinski definition) is 1. The smallest absolute Gasteiger partial charge is 0.264 e. The van der Waals surface area contributed by atoms with E-state index in [-0.39, 0.29) is 16.5 Å². The summed E-state index contributed by atoms with van der Waals surface area (Å²) in [6.45, 7) is 4.22. The lowest BCUT2D eigenvalue weighted by Crippen LogP contribution is -2.38. The second kappa shape index (κ2) is 11.9. The normalized spacial score (nSPS) is 13.4. The number of sulfonamides is 1. The van der Waals surface area contributed by atoms with Gasteiger partial charge in [0.1, 0.15) is 12.3 Å². The van der Waals surface area contributed by atoms with E-state index >= 15 is 0 Å². The number of thioether (sulfide) groups is 1. The number of carbonyl (C=O) groups is 2. The van der Waals surface area contributed by atoms with Crippen LogP contribution in [0.3, 0.4) is 0 Å².